The predicted octanol–water partition coefficient (Wildman–Crippen LogP) is 5.18. The number of ether oxygens (including phenoxy) is 2. The Balaban J connectivity index is 1.28. The van der Waals surface area contributed by atoms with E-state index in [9.17, 15) is 4.79 Å². The first-order chi connectivity index (χ1) is 14.6. The van der Waals surface area contributed by atoms with Crippen LogP contribution in [-0.4, -0.2) is 29.0 Å². The lowest BCUT2D eigenvalue weighted by Crippen LogP contribution is -2.12. The average Bonchev–Trinajstić information content (AvgIpc) is 3.29. The molecule has 0 saturated heterocycles. The van der Waals surface area contributed by atoms with Gasteiger partial charge in [0.25, 0.3) is 0 Å². The second-order valence-corrected chi connectivity index (χ2v) is 8.13. The third-order valence-corrected chi connectivity index (χ3v) is 5.50. The van der Waals surface area contributed by atoms with Crippen molar-refractivity contribution in [1.29, 1.82) is 0 Å². The Hall–Kier alpha value is -3.32. The molecule has 1 amide bonds. The van der Waals surface area contributed by atoms with Gasteiger partial charge in [-0.1, -0.05) is 12.1 Å². The second-order valence-electron chi connectivity index (χ2n) is 6.91. The molecule has 0 unspecified atom stereocenters. The number of hydrogen-bond acceptors (Lipinski definition) is 5. The van der Waals surface area contributed by atoms with Crippen molar-refractivity contribution in [3.63, 3.8) is 0 Å². The lowest BCUT2D eigenvalue weighted by atomic mass is 10.1. The summed E-state index contributed by atoms with van der Waals surface area (Å²) < 4.78 is 12.8. The fourth-order valence-electron chi connectivity index (χ4n) is 3.12. The number of nitrogens with zero attached hydrogens (tertiary/aromatic N) is 2. The van der Waals surface area contributed by atoms with E-state index in [4.69, 9.17) is 9.47 Å². The van der Waals surface area contributed by atoms with Crippen molar-refractivity contribution < 1.29 is 14.3 Å². The highest BCUT2D eigenvalue weighted by molar-refractivity contribution is 7.17. The van der Waals surface area contributed by atoms with Crippen LogP contribution in [0.5, 0.6) is 11.5 Å². The van der Waals surface area contributed by atoms with Gasteiger partial charge in [-0.25, -0.2) is 4.98 Å². The molecular weight excluding hydrogens is 398 g/mol. The minimum absolute atomic E-state index is 0.0353. The zero-order valence-corrected chi connectivity index (χ0v) is 17.7. The highest BCUT2D eigenvalue weighted by Gasteiger charge is 2.09. The molecule has 0 aliphatic heterocycles. The number of carbonyl (C=O) groups is 1. The molecule has 0 atom stereocenters. The maximum atomic E-state index is 12.3. The number of thiazole rings is 1. The maximum absolute atomic E-state index is 12.3. The minimum atomic E-state index is -0.0353. The number of nitrogens with one attached hydrogen (secondary N) is 1. The Morgan fingerprint density at radius 2 is 1.93 bits per heavy atom. The summed E-state index contributed by atoms with van der Waals surface area (Å²) >= 11 is 1.66. The van der Waals surface area contributed by atoms with Crippen LogP contribution < -0.4 is 14.8 Å². The van der Waals surface area contributed by atoms with E-state index in [1.165, 1.54) is 4.88 Å². The van der Waals surface area contributed by atoms with Crippen molar-refractivity contribution >= 4 is 27.9 Å². The molecule has 0 saturated carbocycles. The molecule has 30 heavy (non-hydrogen) atoms. The SMILES string of the molecule is COc1ccc(OCCCC(=O)Nc2cccc(-c3cn4cc(C)sc4n3)c2)cc1. The summed E-state index contributed by atoms with van der Waals surface area (Å²) in [5.41, 5.74) is 2.63. The molecule has 0 aliphatic rings. The highest BCUT2D eigenvalue weighted by atomic mass is 32.1. The Kier molecular flexibility index (Phi) is 5.99. The fraction of sp³-hybridized carbons (Fsp3) is 0.217. The van der Waals surface area contributed by atoms with Crippen molar-refractivity contribution in [3.05, 3.63) is 65.8 Å². The van der Waals surface area contributed by atoms with Gasteiger partial charge in [0.05, 0.1) is 19.4 Å². The first-order valence-corrected chi connectivity index (χ1v) is 10.5. The van der Waals surface area contributed by atoms with Crippen LogP contribution in [0.2, 0.25) is 0 Å². The molecule has 1 N–H and O–H groups in total. The molecule has 4 rings (SSSR count). The van der Waals surface area contributed by atoms with Gasteiger partial charge in [0.2, 0.25) is 5.91 Å². The minimum Gasteiger partial charge on any atom is -0.497 e. The predicted molar refractivity (Wildman–Crippen MR) is 120 cm³/mol. The van der Waals surface area contributed by atoms with Crippen LogP contribution >= 0.6 is 11.3 Å². The van der Waals surface area contributed by atoms with Crippen LogP contribution in [-0.2, 0) is 4.79 Å². The molecule has 2 aromatic heterocycles. The van der Waals surface area contributed by atoms with Crippen molar-refractivity contribution in [1.82, 2.24) is 9.38 Å². The summed E-state index contributed by atoms with van der Waals surface area (Å²) in [5, 5.41) is 2.96. The molecule has 0 radical (unpaired) electrons. The number of carbonyl (C=O) groups excluding carboxylic acids is 1. The van der Waals surface area contributed by atoms with Crippen molar-refractivity contribution in [2.75, 3.05) is 19.0 Å². The van der Waals surface area contributed by atoms with Gasteiger partial charge in [0, 0.05) is 34.9 Å². The number of rotatable bonds is 8. The van der Waals surface area contributed by atoms with Gasteiger partial charge < -0.3 is 14.8 Å². The molecule has 0 bridgehead atoms. The molecule has 6 nitrogen and oxygen atoms in total. The Morgan fingerprint density at radius 1 is 1.13 bits per heavy atom. The van der Waals surface area contributed by atoms with E-state index in [2.05, 4.69) is 23.4 Å². The zero-order chi connectivity index (χ0) is 20.9. The van der Waals surface area contributed by atoms with Gasteiger partial charge >= 0.3 is 0 Å². The van der Waals surface area contributed by atoms with E-state index < -0.39 is 0 Å². The largest absolute Gasteiger partial charge is 0.497 e. The molecular formula is C23H23N3O3S. The monoisotopic (exact) mass is 421 g/mol. The van der Waals surface area contributed by atoms with Crippen LogP contribution in [0.15, 0.2) is 60.9 Å². The van der Waals surface area contributed by atoms with Gasteiger partial charge in [-0.05, 0) is 49.7 Å². The quantitative estimate of drug-likeness (QED) is 0.398. The molecule has 154 valence electrons. The number of anilines is 1. The molecule has 4 aromatic rings. The van der Waals surface area contributed by atoms with Crippen LogP contribution in [0, 0.1) is 6.92 Å². The number of aryl methyl sites for hydroxylation is 1. The zero-order valence-electron chi connectivity index (χ0n) is 16.9. The summed E-state index contributed by atoms with van der Waals surface area (Å²) in [7, 11) is 1.63. The Labute approximate surface area is 179 Å². The van der Waals surface area contributed by atoms with Crippen molar-refractivity contribution in [2.45, 2.75) is 19.8 Å². The summed E-state index contributed by atoms with van der Waals surface area (Å²) in [5.74, 6) is 1.51. The van der Waals surface area contributed by atoms with Crippen LogP contribution in [0.25, 0.3) is 16.2 Å². The number of aromatic nitrogens is 2. The lowest BCUT2D eigenvalue weighted by Gasteiger charge is -2.08. The topological polar surface area (TPSA) is 64.9 Å². The average molecular weight is 422 g/mol. The molecule has 7 heteroatoms. The number of fused-ring (bicyclic) bond motifs is 1. The third-order valence-electron chi connectivity index (χ3n) is 4.59. The summed E-state index contributed by atoms with van der Waals surface area (Å²) in [4.78, 5) is 19.1. The fourth-order valence-corrected chi connectivity index (χ4v) is 3.93. The smallest absolute Gasteiger partial charge is 0.224 e. The second kappa shape index (κ2) is 9.00. The number of amides is 1. The van der Waals surface area contributed by atoms with E-state index in [0.29, 0.717) is 19.4 Å². The molecule has 0 fully saturated rings. The van der Waals surface area contributed by atoms with E-state index in [1.54, 1.807) is 18.4 Å². The Bertz CT molecular complexity index is 1120. The van der Waals surface area contributed by atoms with E-state index in [-0.39, 0.29) is 5.91 Å². The van der Waals surface area contributed by atoms with E-state index in [0.717, 1.165) is 33.4 Å². The summed E-state index contributed by atoms with van der Waals surface area (Å²) in [6.45, 7) is 2.54. The molecule has 2 heterocycles. The first-order valence-electron chi connectivity index (χ1n) is 9.73. The van der Waals surface area contributed by atoms with Crippen LogP contribution in [0.1, 0.15) is 17.7 Å². The maximum Gasteiger partial charge on any atom is 0.224 e. The number of benzene rings is 2. The van der Waals surface area contributed by atoms with Gasteiger partial charge in [0.1, 0.15) is 11.5 Å². The van der Waals surface area contributed by atoms with Gasteiger partial charge in [-0.2, -0.15) is 0 Å². The normalized spacial score (nSPS) is 10.9. The van der Waals surface area contributed by atoms with Crippen LogP contribution in [0.3, 0.4) is 0 Å². The standard InChI is InChI=1S/C23H23N3O3S/c1-16-14-26-15-21(25-23(26)30-16)17-5-3-6-18(13-17)24-22(27)7-4-12-29-20-10-8-19(28-2)9-11-20/h3,5-6,8-11,13-15H,4,7,12H2,1-2H3,(H,24,27). The molecule has 2 aromatic carbocycles. The first kappa shape index (κ1) is 20.0. The summed E-state index contributed by atoms with van der Waals surface area (Å²) in [6.07, 6.45) is 5.10. The number of hydrogen-bond donors (Lipinski definition) is 1. The number of imidazole rings is 1. The van der Waals surface area contributed by atoms with Crippen molar-refractivity contribution in [2.24, 2.45) is 0 Å². The van der Waals surface area contributed by atoms with Gasteiger partial charge in [-0.15, -0.1) is 11.3 Å². The molecule has 0 spiro atoms. The lowest BCUT2D eigenvalue weighted by molar-refractivity contribution is -0.116. The van der Waals surface area contributed by atoms with Gasteiger partial charge in [-0.3, -0.25) is 9.20 Å². The van der Waals surface area contributed by atoms with Crippen LogP contribution in [0.4, 0.5) is 5.69 Å². The van der Waals surface area contributed by atoms with Crippen molar-refractivity contribution in [3.8, 4) is 22.8 Å². The van der Waals surface area contributed by atoms with E-state index in [1.807, 2.05) is 59.1 Å². The van der Waals surface area contributed by atoms with Gasteiger partial charge in [0.15, 0.2) is 4.96 Å². The number of methoxy groups -OCH3 is 1. The highest BCUT2D eigenvalue weighted by Crippen LogP contribution is 2.25. The third kappa shape index (κ3) is 4.80. The summed E-state index contributed by atoms with van der Waals surface area (Å²) in [6, 6.07) is 15.2. The van der Waals surface area contributed by atoms with E-state index >= 15 is 0 Å². The Morgan fingerprint density at radius 3 is 2.70 bits per heavy atom. The molecule has 0 aliphatic carbocycles.